The van der Waals surface area contributed by atoms with Crippen molar-refractivity contribution in [3.8, 4) is 5.75 Å². The van der Waals surface area contributed by atoms with Crippen LogP contribution in [0.4, 0.5) is 13.2 Å². The van der Waals surface area contributed by atoms with Gasteiger partial charge in [0.25, 0.3) is 11.5 Å². The summed E-state index contributed by atoms with van der Waals surface area (Å²) in [5.41, 5.74) is 3.55. The Kier molecular flexibility index (Phi) is 8.15. The van der Waals surface area contributed by atoms with Crippen LogP contribution in [0.2, 0.25) is 0 Å². The molecule has 38 heavy (non-hydrogen) atoms. The van der Waals surface area contributed by atoms with E-state index in [1.807, 2.05) is 17.9 Å². The predicted molar refractivity (Wildman–Crippen MR) is 138 cm³/mol. The van der Waals surface area contributed by atoms with Crippen LogP contribution < -0.4 is 15.6 Å². The molecule has 0 radical (unpaired) electrons. The third kappa shape index (κ3) is 5.87. The standard InChI is InChI=1S/C27H34F3N5O3/c1-16-14-22(38-4)20(25(36)33-16)15-31-26(37)23-18(3)24(35-21(23)6-5-10-32-35)17(2)19-7-11-34(12-8-19)13-9-27(28,29)30/h5-6,10,14,17,19H,7-9,11-13,15H2,1-4H3,(H,31,37)(H,33,36). The van der Waals surface area contributed by atoms with E-state index in [0.29, 0.717) is 41.2 Å². The maximum absolute atomic E-state index is 13.4. The predicted octanol–water partition coefficient (Wildman–Crippen LogP) is 4.35. The number of piperidine rings is 1. The number of H-pyrrole nitrogens is 1. The first-order valence-electron chi connectivity index (χ1n) is 12.8. The van der Waals surface area contributed by atoms with Crippen molar-refractivity contribution < 1.29 is 22.7 Å². The number of aryl methyl sites for hydroxylation is 1. The Morgan fingerprint density at radius 1 is 1.29 bits per heavy atom. The number of carbonyl (C=O) groups is 1. The highest BCUT2D eigenvalue weighted by atomic mass is 19.4. The zero-order valence-corrected chi connectivity index (χ0v) is 22.1. The lowest BCUT2D eigenvalue weighted by Gasteiger charge is -2.35. The molecule has 0 aliphatic carbocycles. The Morgan fingerprint density at radius 2 is 2.00 bits per heavy atom. The molecule has 3 aromatic heterocycles. The fourth-order valence-corrected chi connectivity index (χ4v) is 5.53. The largest absolute Gasteiger partial charge is 0.496 e. The molecule has 11 heteroatoms. The normalized spacial score (nSPS) is 16.1. The van der Waals surface area contributed by atoms with Gasteiger partial charge in [0.15, 0.2) is 0 Å². The number of aromatic nitrogens is 3. The topological polar surface area (TPSA) is 91.7 Å². The van der Waals surface area contributed by atoms with Gasteiger partial charge in [-0.25, -0.2) is 4.52 Å². The number of nitrogens with zero attached hydrogens (tertiary/aromatic N) is 3. The molecular weight excluding hydrogens is 499 g/mol. The number of nitrogens with one attached hydrogen (secondary N) is 2. The molecule has 1 aliphatic rings. The monoisotopic (exact) mass is 533 g/mol. The van der Waals surface area contributed by atoms with E-state index in [2.05, 4.69) is 22.3 Å². The molecule has 1 unspecified atom stereocenters. The van der Waals surface area contributed by atoms with Crippen LogP contribution in [0.3, 0.4) is 0 Å². The number of ether oxygens (including phenoxy) is 1. The number of likely N-dealkylation sites (tertiary alicyclic amines) is 1. The van der Waals surface area contributed by atoms with Crippen molar-refractivity contribution in [3.05, 3.63) is 62.8 Å². The van der Waals surface area contributed by atoms with Gasteiger partial charge >= 0.3 is 6.18 Å². The number of halogens is 3. The number of carbonyl (C=O) groups excluding carboxylic acids is 1. The number of aromatic amines is 1. The van der Waals surface area contributed by atoms with Crippen molar-refractivity contribution in [2.75, 3.05) is 26.7 Å². The van der Waals surface area contributed by atoms with Crippen molar-refractivity contribution >= 4 is 11.4 Å². The van der Waals surface area contributed by atoms with Gasteiger partial charge in [0.05, 0.1) is 36.7 Å². The highest BCUT2D eigenvalue weighted by Gasteiger charge is 2.33. The lowest BCUT2D eigenvalue weighted by Crippen LogP contribution is -2.37. The van der Waals surface area contributed by atoms with E-state index in [9.17, 15) is 22.8 Å². The van der Waals surface area contributed by atoms with Crippen LogP contribution in [0.1, 0.15) is 65.0 Å². The smallest absolute Gasteiger partial charge is 0.390 e. The molecule has 8 nitrogen and oxygen atoms in total. The summed E-state index contributed by atoms with van der Waals surface area (Å²) in [7, 11) is 1.48. The van der Waals surface area contributed by atoms with Crippen LogP contribution >= 0.6 is 0 Å². The van der Waals surface area contributed by atoms with Crippen LogP contribution in [0.5, 0.6) is 5.75 Å². The minimum atomic E-state index is -4.15. The second-order valence-electron chi connectivity index (χ2n) is 10.0. The van der Waals surface area contributed by atoms with E-state index < -0.39 is 12.6 Å². The molecule has 1 saturated heterocycles. The molecule has 1 fully saturated rings. The lowest BCUT2D eigenvalue weighted by molar-refractivity contribution is -0.138. The Balaban J connectivity index is 1.54. The van der Waals surface area contributed by atoms with Gasteiger partial charge in [-0.15, -0.1) is 0 Å². The molecule has 1 amide bonds. The second kappa shape index (κ2) is 11.2. The summed E-state index contributed by atoms with van der Waals surface area (Å²) in [6.07, 6.45) is -1.72. The average molecular weight is 534 g/mol. The van der Waals surface area contributed by atoms with Crippen molar-refractivity contribution in [3.63, 3.8) is 0 Å². The first kappa shape index (κ1) is 27.7. The Labute approximate surface area is 219 Å². The van der Waals surface area contributed by atoms with E-state index >= 15 is 0 Å². The number of pyridine rings is 1. The van der Waals surface area contributed by atoms with Gasteiger partial charge in [-0.2, -0.15) is 18.3 Å². The highest BCUT2D eigenvalue weighted by Crippen LogP contribution is 2.37. The van der Waals surface area contributed by atoms with Crippen LogP contribution in [0, 0.1) is 19.8 Å². The Morgan fingerprint density at radius 3 is 2.66 bits per heavy atom. The zero-order valence-electron chi connectivity index (χ0n) is 22.1. The van der Waals surface area contributed by atoms with Gasteiger partial charge < -0.3 is 19.9 Å². The summed E-state index contributed by atoms with van der Waals surface area (Å²) >= 11 is 0. The molecule has 206 valence electrons. The molecule has 4 rings (SSSR count). The quantitative estimate of drug-likeness (QED) is 0.449. The molecule has 2 N–H and O–H groups in total. The Bertz CT molecular complexity index is 1360. The summed E-state index contributed by atoms with van der Waals surface area (Å²) in [6, 6.07) is 5.32. The van der Waals surface area contributed by atoms with Gasteiger partial charge in [-0.1, -0.05) is 6.92 Å². The molecule has 0 aromatic carbocycles. The van der Waals surface area contributed by atoms with E-state index in [1.54, 1.807) is 29.8 Å². The summed E-state index contributed by atoms with van der Waals surface area (Å²) in [5.74, 6) is 0.379. The maximum atomic E-state index is 13.4. The van der Waals surface area contributed by atoms with Crippen LogP contribution in [0.25, 0.3) is 5.52 Å². The van der Waals surface area contributed by atoms with Crippen molar-refractivity contribution in [1.82, 2.24) is 24.8 Å². The summed E-state index contributed by atoms with van der Waals surface area (Å²) < 4.78 is 45.0. The number of methoxy groups -OCH3 is 1. The number of amides is 1. The molecule has 0 spiro atoms. The SMILES string of the molecule is COc1cc(C)[nH]c(=O)c1CNC(=O)c1c(C)c(C(C)C2CCN(CCC(F)(F)F)CC2)n2ncccc12. The number of fused-ring (bicyclic) bond motifs is 1. The molecule has 0 saturated carbocycles. The second-order valence-corrected chi connectivity index (χ2v) is 10.0. The van der Waals surface area contributed by atoms with Crippen LogP contribution in [-0.2, 0) is 6.54 Å². The molecule has 1 atom stereocenters. The molecule has 1 aliphatic heterocycles. The van der Waals surface area contributed by atoms with E-state index in [0.717, 1.165) is 24.1 Å². The van der Waals surface area contributed by atoms with E-state index in [4.69, 9.17) is 4.74 Å². The van der Waals surface area contributed by atoms with Gasteiger partial charge in [0.1, 0.15) is 5.75 Å². The fourth-order valence-electron chi connectivity index (χ4n) is 5.53. The summed E-state index contributed by atoms with van der Waals surface area (Å²) in [4.78, 5) is 30.5. The van der Waals surface area contributed by atoms with Gasteiger partial charge in [0.2, 0.25) is 0 Å². The molecular formula is C27H34F3N5O3. The van der Waals surface area contributed by atoms with Crippen molar-refractivity contribution in [2.45, 2.75) is 58.7 Å². The van der Waals surface area contributed by atoms with Gasteiger partial charge in [-0.3, -0.25) is 9.59 Å². The van der Waals surface area contributed by atoms with E-state index in [-0.39, 0.29) is 36.4 Å². The highest BCUT2D eigenvalue weighted by molar-refractivity contribution is 6.03. The average Bonchev–Trinajstić information content (AvgIpc) is 3.17. The van der Waals surface area contributed by atoms with Crippen LogP contribution in [-0.4, -0.2) is 58.3 Å². The molecule has 0 bridgehead atoms. The number of alkyl halides is 3. The van der Waals surface area contributed by atoms with Gasteiger partial charge in [-0.05, 0) is 69.5 Å². The lowest BCUT2D eigenvalue weighted by atomic mass is 9.82. The Hall–Kier alpha value is -3.34. The van der Waals surface area contributed by atoms with Crippen LogP contribution in [0.15, 0.2) is 29.2 Å². The maximum Gasteiger partial charge on any atom is 0.390 e. The van der Waals surface area contributed by atoms with Crippen molar-refractivity contribution in [1.29, 1.82) is 0 Å². The fraction of sp³-hybridized carbons (Fsp3) is 0.519. The third-order valence-corrected chi connectivity index (χ3v) is 7.58. The summed E-state index contributed by atoms with van der Waals surface area (Å²) in [5, 5.41) is 7.40. The first-order chi connectivity index (χ1) is 18.0. The summed E-state index contributed by atoms with van der Waals surface area (Å²) in [6.45, 7) is 6.99. The van der Waals surface area contributed by atoms with Gasteiger partial charge in [0, 0.05) is 30.0 Å². The molecule has 4 heterocycles. The number of hydrogen-bond acceptors (Lipinski definition) is 5. The first-order valence-corrected chi connectivity index (χ1v) is 12.8. The molecule has 3 aromatic rings. The third-order valence-electron chi connectivity index (χ3n) is 7.58. The van der Waals surface area contributed by atoms with Crippen molar-refractivity contribution in [2.24, 2.45) is 5.92 Å². The minimum Gasteiger partial charge on any atom is -0.496 e. The van der Waals surface area contributed by atoms with E-state index in [1.165, 1.54) is 7.11 Å². The number of hydrogen-bond donors (Lipinski definition) is 2. The minimum absolute atomic E-state index is 0.00403. The number of rotatable bonds is 8. The zero-order chi connectivity index (χ0) is 27.6.